The van der Waals surface area contributed by atoms with Crippen LogP contribution in [0.4, 0.5) is 29.6 Å². The van der Waals surface area contributed by atoms with Gasteiger partial charge in [-0.3, -0.25) is 0 Å². The van der Waals surface area contributed by atoms with Crippen LogP contribution < -0.4 is 0 Å². The molecule has 0 amide bonds. The van der Waals surface area contributed by atoms with Crippen molar-refractivity contribution < 1.29 is 29.6 Å². The summed E-state index contributed by atoms with van der Waals surface area (Å²) < 4.78 is 72.3. The van der Waals surface area contributed by atoms with Crippen molar-refractivity contribution in [3.63, 3.8) is 0 Å². The van der Waals surface area contributed by atoms with Crippen molar-refractivity contribution in [3.05, 3.63) is 72.5 Å². The molecule has 1 heterocycles. The molecule has 28 heavy (non-hydrogen) atoms. The Morgan fingerprint density at radius 2 is 1.25 bits per heavy atom. The second-order valence-corrected chi connectivity index (χ2v) is 9.95. The number of halogens is 7. The molecule has 0 bridgehead atoms. The van der Waals surface area contributed by atoms with Gasteiger partial charge in [0, 0.05) is 17.3 Å². The molecular weight excluding hydrogens is 444 g/mol. The molecule has 1 aliphatic heterocycles. The molecule has 0 aromatic heterocycles. The number of benzene rings is 3. The van der Waals surface area contributed by atoms with Gasteiger partial charge in [-0.25, -0.2) is 4.39 Å². The molecule has 0 spiro atoms. The van der Waals surface area contributed by atoms with Crippen LogP contribution in [0.2, 0.25) is 0 Å². The van der Waals surface area contributed by atoms with Crippen molar-refractivity contribution in [1.82, 2.24) is 0 Å². The van der Waals surface area contributed by atoms with Crippen LogP contribution >= 0.6 is 19.6 Å². The summed E-state index contributed by atoms with van der Waals surface area (Å²) >= 11 is 3.04. The fraction of sp³-hybridized carbons (Fsp3) is 0. The van der Waals surface area contributed by atoms with Gasteiger partial charge in [0.05, 0.1) is 9.79 Å². The Morgan fingerprint density at radius 3 is 1.89 bits per heavy atom. The maximum atomic E-state index is 13.1. The summed E-state index contributed by atoms with van der Waals surface area (Å²) in [6, 6.07) is 21.6. The van der Waals surface area contributed by atoms with E-state index in [0.29, 0.717) is 0 Å². The van der Waals surface area contributed by atoms with Crippen molar-refractivity contribution in [2.24, 2.45) is 0 Å². The fourth-order valence-corrected chi connectivity index (χ4v) is 5.01. The van der Waals surface area contributed by atoms with E-state index in [2.05, 4.69) is 42.5 Å². The molecule has 0 nitrogen and oxygen atoms in total. The summed E-state index contributed by atoms with van der Waals surface area (Å²) in [5, 5.41) is 0. The van der Waals surface area contributed by atoms with Crippen LogP contribution in [0, 0.1) is 5.82 Å². The van der Waals surface area contributed by atoms with Gasteiger partial charge in [-0.2, -0.15) is 0 Å². The molecule has 0 saturated heterocycles. The average Bonchev–Trinajstić information content (AvgIpc) is 2.57. The Labute approximate surface area is 164 Å². The van der Waals surface area contributed by atoms with E-state index in [-0.39, 0.29) is 5.82 Å². The Bertz CT molecular complexity index is 1010. The second-order valence-electron chi connectivity index (χ2n) is 5.80. The van der Waals surface area contributed by atoms with Crippen LogP contribution in [0.1, 0.15) is 0 Å². The molecule has 0 saturated carbocycles. The summed E-state index contributed by atoms with van der Waals surface area (Å²) in [4.78, 5) is 5.26. The third-order valence-electron chi connectivity index (χ3n) is 3.47. The van der Waals surface area contributed by atoms with Crippen LogP contribution in [0.3, 0.4) is 0 Å². The van der Waals surface area contributed by atoms with Gasteiger partial charge < -0.3 is 0 Å². The van der Waals surface area contributed by atoms with E-state index in [1.807, 2.05) is 23.9 Å². The van der Waals surface area contributed by atoms with Crippen LogP contribution in [-0.4, -0.2) is 0 Å². The summed E-state index contributed by atoms with van der Waals surface area (Å²) in [5.74, 6) is -0.194. The molecule has 3 aromatic carbocycles. The standard InChI is InChI=1S/C18H11FS2.F6P/c19-13-10-8-12(9-11-13)14-4-3-7-17-18(14)21-16-6-2-1-5-15(16)20-17;1-7(2,3,4,5)6/h1-11H;/q;-1/p+1. The number of fused-ring (bicyclic) bond motifs is 2. The van der Waals surface area contributed by atoms with Crippen LogP contribution in [-0.2, 0) is 11.8 Å². The zero-order valence-corrected chi connectivity index (χ0v) is 16.4. The Hall–Kier alpha value is -1.70. The molecule has 0 N–H and O–H groups in total. The number of hydrogen-bond acceptors (Lipinski definition) is 1. The number of hydrogen-bond donors (Lipinski definition) is 0. The number of rotatable bonds is 1. The zero-order valence-electron chi connectivity index (χ0n) is 13.8. The molecule has 150 valence electrons. The third kappa shape index (κ3) is 6.43. The van der Waals surface area contributed by atoms with Gasteiger partial charge >= 0.3 is 33.0 Å². The first kappa shape index (κ1) is 21.0. The van der Waals surface area contributed by atoms with Crippen LogP contribution in [0.25, 0.3) is 11.1 Å². The summed E-state index contributed by atoms with van der Waals surface area (Å²) in [5.41, 5.74) is 2.26. The monoisotopic (exact) mass is 456 g/mol. The van der Waals surface area contributed by atoms with E-state index in [1.165, 1.54) is 49.0 Å². The second kappa shape index (κ2) is 6.68. The van der Waals surface area contributed by atoms with Gasteiger partial charge in [0.2, 0.25) is 0 Å². The molecule has 0 radical (unpaired) electrons. The minimum Gasteiger partial charge on any atom is -0.207 e. The van der Waals surface area contributed by atoms with Crippen molar-refractivity contribution in [1.29, 1.82) is 0 Å². The third-order valence-corrected chi connectivity index (χ3v) is 6.25. The van der Waals surface area contributed by atoms with Crippen molar-refractivity contribution >= 4 is 31.3 Å². The fourth-order valence-electron chi connectivity index (χ4n) is 2.46. The Kier molecular flexibility index (Phi) is 5.01. The van der Waals surface area contributed by atoms with E-state index >= 15 is 0 Å². The van der Waals surface area contributed by atoms with Crippen molar-refractivity contribution in [3.8, 4) is 11.1 Å². The SMILES string of the molecule is F[P-](F)(F)(F)(F)F.Fc1ccc(-c2cccc3c2[SH+]c2ccccc2S3)cc1. The van der Waals surface area contributed by atoms with E-state index in [9.17, 15) is 29.6 Å². The minimum atomic E-state index is -10.7. The van der Waals surface area contributed by atoms with E-state index in [4.69, 9.17) is 0 Å². The topological polar surface area (TPSA) is 0 Å². The Morgan fingerprint density at radius 1 is 0.679 bits per heavy atom. The van der Waals surface area contributed by atoms with Gasteiger partial charge in [0.1, 0.15) is 5.82 Å². The van der Waals surface area contributed by atoms with Gasteiger partial charge in [-0.1, -0.05) is 42.1 Å². The summed E-state index contributed by atoms with van der Waals surface area (Å²) in [6.45, 7) is 0. The van der Waals surface area contributed by atoms with Crippen LogP contribution in [0.15, 0.2) is 86.3 Å². The van der Waals surface area contributed by atoms with Crippen molar-refractivity contribution in [2.75, 3.05) is 0 Å². The van der Waals surface area contributed by atoms with Gasteiger partial charge in [-0.05, 0) is 42.0 Å². The van der Waals surface area contributed by atoms with Gasteiger partial charge in [-0.15, -0.1) is 0 Å². The van der Waals surface area contributed by atoms with E-state index in [0.717, 1.165) is 5.56 Å². The smallest absolute Gasteiger partial charge is 0.180 e. The summed E-state index contributed by atoms with van der Waals surface area (Å²) in [6.07, 6.45) is 0. The first-order valence-corrected chi connectivity index (χ1v) is 11.4. The molecular formula is C18H12F7PS2. The average molecular weight is 456 g/mol. The maximum absolute atomic E-state index is 13.1. The van der Waals surface area contributed by atoms with Gasteiger partial charge in [0.25, 0.3) is 0 Å². The van der Waals surface area contributed by atoms with Crippen LogP contribution in [0.5, 0.6) is 0 Å². The van der Waals surface area contributed by atoms with Crippen molar-refractivity contribution in [2.45, 2.75) is 19.6 Å². The molecule has 0 unspecified atom stereocenters. The van der Waals surface area contributed by atoms with E-state index in [1.54, 1.807) is 0 Å². The first-order valence-electron chi connectivity index (χ1n) is 7.70. The Balaban J connectivity index is 0.000000279. The molecule has 3 aromatic rings. The summed E-state index contributed by atoms with van der Waals surface area (Å²) in [7, 11) is -10.7. The molecule has 10 heteroatoms. The zero-order chi connectivity index (χ0) is 20.6. The molecule has 0 atom stereocenters. The molecule has 0 aliphatic carbocycles. The number of thiol groups is 1. The predicted octanol–water partition coefficient (Wildman–Crippen LogP) is 8.57. The minimum absolute atomic E-state index is 0.194. The molecule has 0 fully saturated rings. The van der Waals surface area contributed by atoms with E-state index < -0.39 is 7.81 Å². The predicted molar refractivity (Wildman–Crippen MR) is 101 cm³/mol. The maximum Gasteiger partial charge on any atom is 0.180 e. The largest absolute Gasteiger partial charge is 0.207 e. The molecule has 4 rings (SSSR count). The quantitative estimate of drug-likeness (QED) is 0.120. The molecule has 1 aliphatic rings. The normalized spacial score (nSPS) is 15.2. The van der Waals surface area contributed by atoms with Gasteiger partial charge in [0.15, 0.2) is 9.79 Å². The first-order chi connectivity index (χ1) is 12.8.